The highest BCUT2D eigenvalue weighted by molar-refractivity contribution is 6.76. The highest BCUT2D eigenvalue weighted by atomic mass is 28.3. The Morgan fingerprint density at radius 2 is 2.11 bits per heavy atom. The molecule has 1 aromatic heterocycles. The maximum Gasteiger partial charge on any atom is 0.213 e. The SMILES string of the molecule is COc1cc(C2CC2)nn1COCC[Si](C)(C)C. The minimum absolute atomic E-state index is 0.500. The van der Waals surface area contributed by atoms with Crippen molar-refractivity contribution in [3.05, 3.63) is 11.8 Å². The number of hydrogen-bond acceptors (Lipinski definition) is 3. The van der Waals surface area contributed by atoms with Crippen LogP contribution in [0.15, 0.2) is 6.07 Å². The van der Waals surface area contributed by atoms with Crippen molar-refractivity contribution in [1.82, 2.24) is 9.78 Å². The number of ether oxygens (including phenoxy) is 2. The van der Waals surface area contributed by atoms with E-state index in [9.17, 15) is 0 Å². The maximum atomic E-state index is 5.71. The lowest BCUT2D eigenvalue weighted by Gasteiger charge is -2.15. The standard InChI is InChI=1S/C13H24N2O2Si/c1-16-13-9-12(11-5-6-11)14-15(13)10-17-7-8-18(2,3)4/h9,11H,5-8,10H2,1-4H3. The van der Waals surface area contributed by atoms with Gasteiger partial charge in [0.1, 0.15) is 6.73 Å². The lowest BCUT2D eigenvalue weighted by atomic mass is 10.3. The first-order chi connectivity index (χ1) is 8.49. The highest BCUT2D eigenvalue weighted by Gasteiger charge is 2.27. The fourth-order valence-corrected chi connectivity index (χ4v) is 2.54. The summed E-state index contributed by atoms with van der Waals surface area (Å²) in [5.41, 5.74) is 1.15. The second-order valence-corrected chi connectivity index (χ2v) is 11.9. The Morgan fingerprint density at radius 1 is 1.39 bits per heavy atom. The Morgan fingerprint density at radius 3 is 2.67 bits per heavy atom. The predicted octanol–water partition coefficient (Wildman–Crippen LogP) is 3.08. The zero-order valence-electron chi connectivity index (χ0n) is 11.9. The average molecular weight is 268 g/mol. The smallest absolute Gasteiger partial charge is 0.213 e. The van der Waals surface area contributed by atoms with Gasteiger partial charge in [-0.25, -0.2) is 4.68 Å². The van der Waals surface area contributed by atoms with Gasteiger partial charge in [-0.15, -0.1) is 0 Å². The van der Waals surface area contributed by atoms with E-state index in [2.05, 4.69) is 24.7 Å². The first-order valence-corrected chi connectivity index (χ1v) is 10.4. The van der Waals surface area contributed by atoms with E-state index in [1.807, 2.05) is 10.7 Å². The van der Waals surface area contributed by atoms with E-state index in [0.29, 0.717) is 12.6 Å². The monoisotopic (exact) mass is 268 g/mol. The molecule has 1 saturated carbocycles. The van der Waals surface area contributed by atoms with Crippen LogP contribution in [-0.4, -0.2) is 31.6 Å². The van der Waals surface area contributed by atoms with Gasteiger partial charge < -0.3 is 9.47 Å². The minimum Gasteiger partial charge on any atom is -0.481 e. The molecule has 1 aromatic rings. The quantitative estimate of drug-likeness (QED) is 0.563. The van der Waals surface area contributed by atoms with Crippen molar-refractivity contribution in [1.29, 1.82) is 0 Å². The van der Waals surface area contributed by atoms with E-state index >= 15 is 0 Å². The number of nitrogens with zero attached hydrogens (tertiary/aromatic N) is 2. The van der Waals surface area contributed by atoms with Crippen LogP contribution in [-0.2, 0) is 11.5 Å². The third-order valence-corrected chi connectivity index (χ3v) is 4.88. The summed E-state index contributed by atoms with van der Waals surface area (Å²) in [6.45, 7) is 8.39. The van der Waals surface area contributed by atoms with Crippen LogP contribution in [0, 0.1) is 0 Å². The summed E-state index contributed by atoms with van der Waals surface area (Å²) in [7, 11) is 0.681. The Labute approximate surface area is 110 Å². The van der Waals surface area contributed by atoms with Crippen molar-refractivity contribution in [2.24, 2.45) is 0 Å². The second-order valence-electron chi connectivity index (χ2n) is 6.23. The molecule has 0 aromatic carbocycles. The number of rotatable bonds is 7. The second kappa shape index (κ2) is 5.44. The Hall–Kier alpha value is -0.813. The summed E-state index contributed by atoms with van der Waals surface area (Å²) in [6.07, 6.45) is 2.52. The third kappa shape index (κ3) is 3.85. The van der Waals surface area contributed by atoms with Gasteiger partial charge in [-0.1, -0.05) is 19.6 Å². The van der Waals surface area contributed by atoms with Gasteiger partial charge in [-0.2, -0.15) is 5.10 Å². The molecule has 1 aliphatic carbocycles. The van der Waals surface area contributed by atoms with Gasteiger partial charge in [0, 0.05) is 26.7 Å². The van der Waals surface area contributed by atoms with Crippen LogP contribution in [0.4, 0.5) is 0 Å². The van der Waals surface area contributed by atoms with E-state index in [1.165, 1.54) is 18.9 Å². The van der Waals surface area contributed by atoms with Gasteiger partial charge in [0.05, 0.1) is 12.8 Å². The average Bonchev–Trinajstić information content (AvgIpc) is 3.05. The number of aromatic nitrogens is 2. The molecule has 0 N–H and O–H groups in total. The fraction of sp³-hybridized carbons (Fsp3) is 0.769. The summed E-state index contributed by atoms with van der Waals surface area (Å²) in [5.74, 6) is 1.46. The Kier molecular flexibility index (Phi) is 4.12. The van der Waals surface area contributed by atoms with E-state index in [0.717, 1.165) is 18.2 Å². The first kappa shape index (κ1) is 13.6. The van der Waals surface area contributed by atoms with E-state index in [4.69, 9.17) is 9.47 Å². The number of hydrogen-bond donors (Lipinski definition) is 0. The van der Waals surface area contributed by atoms with Crippen LogP contribution in [0.2, 0.25) is 25.7 Å². The lowest BCUT2D eigenvalue weighted by Crippen LogP contribution is -2.22. The maximum absolute atomic E-state index is 5.71. The normalized spacial score (nSPS) is 16.0. The molecule has 102 valence electrons. The van der Waals surface area contributed by atoms with Crippen LogP contribution in [0.25, 0.3) is 0 Å². The molecule has 1 aliphatic rings. The molecule has 0 aliphatic heterocycles. The fourth-order valence-electron chi connectivity index (χ4n) is 1.78. The van der Waals surface area contributed by atoms with E-state index in [-0.39, 0.29) is 0 Å². The molecule has 1 fully saturated rings. The molecule has 1 heterocycles. The molecule has 0 radical (unpaired) electrons. The van der Waals surface area contributed by atoms with Crippen molar-refractivity contribution in [3.63, 3.8) is 0 Å². The summed E-state index contributed by atoms with van der Waals surface area (Å²) >= 11 is 0. The van der Waals surface area contributed by atoms with Crippen LogP contribution >= 0.6 is 0 Å². The topological polar surface area (TPSA) is 36.3 Å². The van der Waals surface area contributed by atoms with E-state index in [1.54, 1.807) is 7.11 Å². The molecule has 0 saturated heterocycles. The third-order valence-electron chi connectivity index (χ3n) is 3.18. The largest absolute Gasteiger partial charge is 0.481 e. The van der Waals surface area contributed by atoms with Gasteiger partial charge in [0.25, 0.3) is 0 Å². The first-order valence-electron chi connectivity index (χ1n) is 6.69. The van der Waals surface area contributed by atoms with Crippen LogP contribution in [0.5, 0.6) is 5.88 Å². The van der Waals surface area contributed by atoms with Gasteiger partial charge in [-0.3, -0.25) is 0 Å². The molecular formula is C13H24N2O2Si. The molecule has 0 atom stereocenters. The molecule has 5 heteroatoms. The Balaban J connectivity index is 1.84. The van der Waals surface area contributed by atoms with Crippen LogP contribution in [0.3, 0.4) is 0 Å². The molecule has 0 unspecified atom stereocenters. The summed E-state index contributed by atoms with van der Waals surface area (Å²) in [4.78, 5) is 0. The van der Waals surface area contributed by atoms with Crippen molar-refractivity contribution < 1.29 is 9.47 Å². The summed E-state index contributed by atoms with van der Waals surface area (Å²) < 4.78 is 12.9. The van der Waals surface area contributed by atoms with Gasteiger partial charge >= 0.3 is 0 Å². The van der Waals surface area contributed by atoms with Crippen LogP contribution in [0.1, 0.15) is 24.5 Å². The van der Waals surface area contributed by atoms with Crippen molar-refractivity contribution in [2.45, 2.75) is 51.2 Å². The molecule has 2 rings (SSSR count). The lowest BCUT2D eigenvalue weighted by molar-refractivity contribution is 0.0720. The molecule has 0 spiro atoms. The molecule has 4 nitrogen and oxygen atoms in total. The molecule has 18 heavy (non-hydrogen) atoms. The van der Waals surface area contributed by atoms with E-state index < -0.39 is 8.07 Å². The highest BCUT2D eigenvalue weighted by Crippen LogP contribution is 2.40. The van der Waals surface area contributed by atoms with Gasteiger partial charge in [0.15, 0.2) is 0 Å². The minimum atomic E-state index is -1.01. The zero-order valence-corrected chi connectivity index (χ0v) is 12.9. The van der Waals surface area contributed by atoms with Crippen molar-refractivity contribution in [2.75, 3.05) is 13.7 Å². The number of methoxy groups -OCH3 is 1. The Bertz CT molecular complexity index is 394. The summed E-state index contributed by atoms with van der Waals surface area (Å²) in [5, 5.41) is 4.56. The van der Waals surface area contributed by atoms with Crippen molar-refractivity contribution >= 4 is 8.07 Å². The zero-order chi connectivity index (χ0) is 13.2. The molecule has 0 amide bonds. The van der Waals surface area contributed by atoms with Crippen molar-refractivity contribution in [3.8, 4) is 5.88 Å². The van der Waals surface area contributed by atoms with Gasteiger partial charge in [-0.05, 0) is 18.9 Å². The summed E-state index contributed by atoms with van der Waals surface area (Å²) in [6, 6.07) is 3.23. The van der Waals surface area contributed by atoms with Gasteiger partial charge in [0.2, 0.25) is 5.88 Å². The van der Waals surface area contributed by atoms with Crippen LogP contribution < -0.4 is 4.74 Å². The predicted molar refractivity (Wildman–Crippen MR) is 74.9 cm³/mol. The molecular weight excluding hydrogens is 244 g/mol. The molecule has 0 bridgehead atoms.